The molecule has 8 heteroatoms. The van der Waals surface area contributed by atoms with Gasteiger partial charge in [0.25, 0.3) is 0 Å². The van der Waals surface area contributed by atoms with E-state index in [1.807, 2.05) is 24.3 Å². The van der Waals surface area contributed by atoms with E-state index in [0.717, 1.165) is 11.8 Å². The maximum absolute atomic E-state index is 12.2. The van der Waals surface area contributed by atoms with Crippen LogP contribution in [0.1, 0.15) is 24.0 Å². The van der Waals surface area contributed by atoms with Gasteiger partial charge in [0.15, 0.2) is 0 Å². The number of anilines is 1. The summed E-state index contributed by atoms with van der Waals surface area (Å²) in [4.78, 5) is 12.1. The lowest BCUT2D eigenvalue weighted by molar-refractivity contribution is -0.121. The van der Waals surface area contributed by atoms with E-state index >= 15 is 0 Å². The normalized spacial score (nSPS) is 11.3. The molecule has 0 fully saturated rings. The molecule has 152 valence electrons. The Hall–Kier alpha value is -1.76. The second kappa shape index (κ2) is 10.1. The molecule has 1 N–H and O–H groups in total. The largest absolute Gasteiger partial charge is 0.356 e. The van der Waals surface area contributed by atoms with E-state index < -0.39 is 10.0 Å². The Kier molecular flexibility index (Phi) is 8.16. The fourth-order valence-corrected chi connectivity index (χ4v) is 4.11. The van der Waals surface area contributed by atoms with E-state index in [4.69, 9.17) is 23.2 Å². The molecule has 0 heterocycles. The van der Waals surface area contributed by atoms with Gasteiger partial charge in [-0.3, -0.25) is 9.10 Å². The lowest BCUT2D eigenvalue weighted by Gasteiger charge is -2.24. The van der Waals surface area contributed by atoms with Gasteiger partial charge in [0.1, 0.15) is 0 Å². The zero-order valence-electron chi connectivity index (χ0n) is 15.9. The van der Waals surface area contributed by atoms with Gasteiger partial charge in [-0.25, -0.2) is 8.42 Å². The summed E-state index contributed by atoms with van der Waals surface area (Å²) in [7, 11) is -3.48. The maximum Gasteiger partial charge on any atom is 0.232 e. The van der Waals surface area contributed by atoms with Gasteiger partial charge in [-0.05, 0) is 55.2 Å². The molecule has 0 aliphatic heterocycles. The minimum atomic E-state index is -3.48. The first-order valence-corrected chi connectivity index (χ1v) is 11.5. The molecule has 0 unspecified atom stereocenters. The number of carbonyl (C=O) groups excluding carboxylic acids is 1. The number of halogens is 2. The van der Waals surface area contributed by atoms with Crippen molar-refractivity contribution in [3.63, 3.8) is 0 Å². The molecule has 0 aromatic heterocycles. The molecule has 0 saturated carbocycles. The number of rotatable bonds is 9. The van der Waals surface area contributed by atoms with Crippen LogP contribution in [0.2, 0.25) is 10.0 Å². The average molecular weight is 443 g/mol. The molecule has 0 radical (unpaired) electrons. The summed E-state index contributed by atoms with van der Waals surface area (Å²) in [6.07, 6.45) is 2.51. The van der Waals surface area contributed by atoms with Crippen molar-refractivity contribution in [2.45, 2.75) is 26.2 Å². The maximum atomic E-state index is 12.2. The number of sulfonamides is 1. The van der Waals surface area contributed by atoms with Gasteiger partial charge in [0.05, 0.1) is 11.9 Å². The van der Waals surface area contributed by atoms with Crippen LogP contribution >= 0.6 is 23.2 Å². The second-order valence-electron chi connectivity index (χ2n) is 6.55. The molecule has 28 heavy (non-hydrogen) atoms. The Morgan fingerprint density at radius 2 is 1.79 bits per heavy atom. The van der Waals surface area contributed by atoms with Crippen LogP contribution in [-0.4, -0.2) is 33.7 Å². The summed E-state index contributed by atoms with van der Waals surface area (Å²) >= 11 is 12.0. The summed E-state index contributed by atoms with van der Waals surface area (Å²) in [5, 5.41) is 4.04. The third-order valence-electron chi connectivity index (χ3n) is 4.32. The Morgan fingerprint density at radius 3 is 2.43 bits per heavy atom. The molecule has 0 atom stereocenters. The van der Waals surface area contributed by atoms with E-state index in [1.54, 1.807) is 25.1 Å². The summed E-state index contributed by atoms with van der Waals surface area (Å²) < 4.78 is 25.7. The van der Waals surface area contributed by atoms with E-state index in [0.29, 0.717) is 40.7 Å². The van der Waals surface area contributed by atoms with Crippen molar-refractivity contribution in [3.05, 3.63) is 63.6 Å². The zero-order chi connectivity index (χ0) is 20.7. The third-order valence-corrected chi connectivity index (χ3v) is 6.16. The van der Waals surface area contributed by atoms with Crippen molar-refractivity contribution in [1.29, 1.82) is 0 Å². The molecule has 2 aromatic rings. The molecule has 0 aliphatic carbocycles. The molecule has 2 aromatic carbocycles. The zero-order valence-corrected chi connectivity index (χ0v) is 18.2. The molecule has 0 spiro atoms. The molecule has 0 bridgehead atoms. The number of hydrogen-bond donors (Lipinski definition) is 1. The molecular weight excluding hydrogens is 419 g/mol. The predicted molar refractivity (Wildman–Crippen MR) is 116 cm³/mol. The molecule has 0 aliphatic rings. The van der Waals surface area contributed by atoms with E-state index in [1.165, 1.54) is 4.31 Å². The van der Waals surface area contributed by atoms with Crippen molar-refractivity contribution in [3.8, 4) is 0 Å². The lowest BCUT2D eigenvalue weighted by Crippen LogP contribution is -2.33. The van der Waals surface area contributed by atoms with E-state index in [-0.39, 0.29) is 18.9 Å². The highest BCUT2D eigenvalue weighted by molar-refractivity contribution is 7.92. The van der Waals surface area contributed by atoms with Crippen LogP contribution in [0.25, 0.3) is 0 Å². The van der Waals surface area contributed by atoms with Gasteiger partial charge in [0, 0.05) is 29.6 Å². The van der Waals surface area contributed by atoms with Crippen LogP contribution in [0.15, 0.2) is 42.5 Å². The fraction of sp³-hybridized carbons (Fsp3) is 0.350. The monoisotopic (exact) mass is 442 g/mol. The number of nitrogens with zero attached hydrogens (tertiary/aromatic N) is 1. The second-order valence-corrected chi connectivity index (χ2v) is 9.30. The van der Waals surface area contributed by atoms with Crippen LogP contribution in [0.3, 0.4) is 0 Å². The van der Waals surface area contributed by atoms with Gasteiger partial charge in [-0.1, -0.05) is 41.4 Å². The summed E-state index contributed by atoms with van der Waals surface area (Å²) in [6.45, 7) is 2.51. The quantitative estimate of drug-likeness (QED) is 0.632. The lowest BCUT2D eigenvalue weighted by atomic mass is 10.1. The molecule has 5 nitrogen and oxygen atoms in total. The van der Waals surface area contributed by atoms with Gasteiger partial charge >= 0.3 is 0 Å². The molecule has 1 amide bonds. The van der Waals surface area contributed by atoms with Gasteiger partial charge in [-0.2, -0.15) is 0 Å². The van der Waals surface area contributed by atoms with Crippen molar-refractivity contribution in [1.82, 2.24) is 5.32 Å². The number of amides is 1. The highest BCUT2D eigenvalue weighted by atomic mass is 35.5. The number of nitrogens with one attached hydrogen (secondary N) is 1. The number of benzene rings is 2. The number of carbonyl (C=O) groups is 1. The highest BCUT2D eigenvalue weighted by Crippen LogP contribution is 2.28. The summed E-state index contributed by atoms with van der Waals surface area (Å²) in [6, 6.07) is 12.6. The first kappa shape index (κ1) is 22.5. The first-order chi connectivity index (χ1) is 13.2. The van der Waals surface area contributed by atoms with Crippen molar-refractivity contribution in [2.75, 3.05) is 23.7 Å². The highest BCUT2D eigenvalue weighted by Gasteiger charge is 2.20. The van der Waals surface area contributed by atoms with Crippen molar-refractivity contribution in [2.24, 2.45) is 0 Å². The van der Waals surface area contributed by atoms with E-state index in [2.05, 4.69) is 5.32 Å². The van der Waals surface area contributed by atoms with Crippen LogP contribution < -0.4 is 9.62 Å². The Bertz CT molecular complexity index is 916. The topological polar surface area (TPSA) is 66.5 Å². The van der Waals surface area contributed by atoms with Crippen LogP contribution in [0.5, 0.6) is 0 Å². The Morgan fingerprint density at radius 1 is 1.11 bits per heavy atom. The van der Waals surface area contributed by atoms with Crippen LogP contribution in [0.4, 0.5) is 5.69 Å². The summed E-state index contributed by atoms with van der Waals surface area (Å²) in [5.41, 5.74) is 2.32. The fourth-order valence-electron chi connectivity index (χ4n) is 2.80. The SMILES string of the molecule is Cc1c(Cl)cccc1N(CCCC(=O)NCCc1ccc(Cl)cc1)S(C)(=O)=O. The standard InChI is InChI=1S/C20H24Cl2N2O3S/c1-15-18(22)5-3-6-19(15)24(28(2,26)27)14-4-7-20(25)23-13-12-16-8-10-17(21)11-9-16/h3,5-6,8-11H,4,7,12-14H2,1-2H3,(H,23,25). The predicted octanol–water partition coefficient (Wildman–Crippen LogP) is 4.21. The van der Waals surface area contributed by atoms with Gasteiger partial charge in [0.2, 0.25) is 15.9 Å². The minimum absolute atomic E-state index is 0.106. The van der Waals surface area contributed by atoms with E-state index in [9.17, 15) is 13.2 Å². The summed E-state index contributed by atoms with van der Waals surface area (Å²) in [5.74, 6) is -0.106. The van der Waals surface area contributed by atoms with Crippen LogP contribution in [0, 0.1) is 6.92 Å². The Labute approximate surface area is 176 Å². The average Bonchev–Trinajstić information content (AvgIpc) is 2.62. The molecule has 0 saturated heterocycles. The number of hydrogen-bond acceptors (Lipinski definition) is 3. The van der Waals surface area contributed by atoms with Crippen molar-refractivity contribution < 1.29 is 13.2 Å². The smallest absolute Gasteiger partial charge is 0.232 e. The Balaban J connectivity index is 1.85. The first-order valence-electron chi connectivity index (χ1n) is 8.92. The van der Waals surface area contributed by atoms with Gasteiger partial charge < -0.3 is 5.32 Å². The molecule has 2 rings (SSSR count). The van der Waals surface area contributed by atoms with Gasteiger partial charge in [-0.15, -0.1) is 0 Å². The third kappa shape index (κ3) is 6.69. The molecular formula is C20H24Cl2N2O3S. The van der Waals surface area contributed by atoms with Crippen LogP contribution in [-0.2, 0) is 21.2 Å². The minimum Gasteiger partial charge on any atom is -0.356 e. The van der Waals surface area contributed by atoms with Crippen molar-refractivity contribution >= 4 is 44.8 Å².